The molecule has 1 atom stereocenters. The highest BCUT2D eigenvalue weighted by Crippen LogP contribution is 2.28. The molecule has 1 heterocycles. The summed E-state index contributed by atoms with van der Waals surface area (Å²) >= 11 is 0. The third-order valence-electron chi connectivity index (χ3n) is 2.61. The smallest absolute Gasteiger partial charge is 0.139 e. The number of pyridine rings is 1. The van der Waals surface area contributed by atoms with Gasteiger partial charge in [0, 0.05) is 0 Å². The second-order valence-corrected chi connectivity index (χ2v) is 3.58. The highest BCUT2D eigenvalue weighted by molar-refractivity contribution is 5.43. The van der Waals surface area contributed by atoms with Gasteiger partial charge in [-0.1, -0.05) is 6.92 Å². The number of nitrogens with zero attached hydrogens (tertiary/aromatic N) is 1. The first-order valence-corrected chi connectivity index (χ1v) is 4.81. The van der Waals surface area contributed by atoms with Crippen LogP contribution in [0.2, 0.25) is 0 Å². The van der Waals surface area contributed by atoms with E-state index in [2.05, 4.69) is 4.98 Å². The van der Waals surface area contributed by atoms with Crippen LogP contribution in [0, 0.1) is 20.8 Å². The van der Waals surface area contributed by atoms with Gasteiger partial charge in [0.1, 0.15) is 11.9 Å². The van der Waals surface area contributed by atoms with Crippen molar-refractivity contribution in [2.75, 3.05) is 0 Å². The first-order valence-electron chi connectivity index (χ1n) is 4.81. The van der Waals surface area contributed by atoms with Crippen molar-refractivity contribution in [3.63, 3.8) is 0 Å². The molecular weight excluding hydrogens is 178 g/mol. The number of aromatic hydroxyl groups is 1. The van der Waals surface area contributed by atoms with Crippen LogP contribution in [0.5, 0.6) is 5.75 Å². The molecule has 0 aliphatic carbocycles. The Morgan fingerprint density at radius 1 is 1.29 bits per heavy atom. The van der Waals surface area contributed by atoms with Crippen LogP contribution in [0.4, 0.5) is 0 Å². The number of aryl methyl sites for hydroxylation is 1. The molecule has 0 amide bonds. The van der Waals surface area contributed by atoms with Crippen molar-refractivity contribution in [2.24, 2.45) is 0 Å². The van der Waals surface area contributed by atoms with Crippen LogP contribution in [-0.4, -0.2) is 10.1 Å². The predicted octanol–water partition coefficient (Wildman–Crippen LogP) is 2.59. The summed E-state index contributed by atoms with van der Waals surface area (Å²) in [5.41, 5.74) is 2.69. The molecule has 0 aliphatic rings. The fourth-order valence-corrected chi connectivity index (χ4v) is 1.47. The monoisotopic (exact) mass is 194 g/mol. The Morgan fingerprint density at radius 3 is 2.36 bits per heavy atom. The van der Waals surface area contributed by atoms with Crippen LogP contribution in [-0.2, 0) is 5.11 Å². The zero-order valence-corrected chi connectivity index (χ0v) is 9.09. The van der Waals surface area contributed by atoms with Gasteiger partial charge in [0.2, 0.25) is 0 Å². The molecule has 0 aromatic carbocycles. The molecule has 1 aromatic heterocycles. The summed E-state index contributed by atoms with van der Waals surface area (Å²) < 4.78 is 0. The summed E-state index contributed by atoms with van der Waals surface area (Å²) in [6.07, 6.45) is -0.259. The molecule has 0 bridgehead atoms. The predicted molar refractivity (Wildman–Crippen MR) is 53.8 cm³/mol. The lowest BCUT2D eigenvalue weighted by atomic mass is 10.0. The van der Waals surface area contributed by atoms with E-state index >= 15 is 0 Å². The summed E-state index contributed by atoms with van der Waals surface area (Å²) in [4.78, 5) is 4.14. The molecule has 1 N–H and O–H groups in total. The lowest BCUT2D eigenvalue weighted by Crippen LogP contribution is -2.04. The summed E-state index contributed by atoms with van der Waals surface area (Å²) in [6.45, 7) is 7.20. The van der Waals surface area contributed by atoms with Gasteiger partial charge in [-0.15, -0.1) is 0 Å². The molecule has 0 saturated heterocycles. The lowest BCUT2D eigenvalue weighted by Gasteiger charge is -2.13. The summed E-state index contributed by atoms with van der Waals surface area (Å²) in [6, 6.07) is 0. The number of hydrogen-bond acceptors (Lipinski definition) is 2. The van der Waals surface area contributed by atoms with Gasteiger partial charge in [-0.3, -0.25) is 4.98 Å². The Morgan fingerprint density at radius 2 is 1.86 bits per heavy atom. The number of hydrogen-bond donors (Lipinski definition) is 1. The van der Waals surface area contributed by atoms with E-state index in [1.165, 1.54) is 0 Å². The fraction of sp³-hybridized carbons (Fsp3) is 0.545. The van der Waals surface area contributed by atoms with Gasteiger partial charge in [0.05, 0.1) is 11.4 Å². The van der Waals surface area contributed by atoms with E-state index in [4.69, 9.17) is 0 Å². The average molecular weight is 194 g/mol. The minimum atomic E-state index is -0.784. The molecule has 3 nitrogen and oxygen atoms in total. The minimum absolute atomic E-state index is 0.203. The van der Waals surface area contributed by atoms with Gasteiger partial charge < -0.3 is 5.11 Å². The maximum atomic E-state index is 11.6. The lowest BCUT2D eigenvalue weighted by molar-refractivity contribution is 0.0811. The minimum Gasteiger partial charge on any atom is -0.506 e. The van der Waals surface area contributed by atoms with E-state index in [0.717, 1.165) is 11.1 Å². The van der Waals surface area contributed by atoms with E-state index in [0.29, 0.717) is 17.8 Å². The van der Waals surface area contributed by atoms with Crippen LogP contribution < -0.4 is 0 Å². The maximum absolute atomic E-state index is 11.6. The van der Waals surface area contributed by atoms with Crippen LogP contribution >= 0.6 is 0 Å². The second kappa shape index (κ2) is 3.96. The molecule has 3 heteroatoms. The zero-order chi connectivity index (χ0) is 10.9. The Hall–Kier alpha value is -1.09. The van der Waals surface area contributed by atoms with E-state index in [-0.39, 0.29) is 5.75 Å². The normalized spacial score (nSPS) is 12.9. The van der Waals surface area contributed by atoms with Crippen LogP contribution in [0.1, 0.15) is 42.0 Å². The fourth-order valence-electron chi connectivity index (χ4n) is 1.47. The Labute approximate surface area is 84.4 Å². The van der Waals surface area contributed by atoms with Gasteiger partial charge in [0.25, 0.3) is 0 Å². The van der Waals surface area contributed by atoms with E-state index < -0.39 is 6.10 Å². The number of rotatable bonds is 2. The van der Waals surface area contributed by atoms with E-state index in [1.807, 2.05) is 20.8 Å². The van der Waals surface area contributed by atoms with Gasteiger partial charge in [-0.05, 0) is 38.3 Å². The van der Waals surface area contributed by atoms with Crippen LogP contribution in [0.25, 0.3) is 0 Å². The Balaban J connectivity index is 3.33. The molecule has 0 saturated carbocycles. The molecule has 77 valence electrons. The zero-order valence-electron chi connectivity index (χ0n) is 9.09. The van der Waals surface area contributed by atoms with Crippen LogP contribution in [0.3, 0.4) is 0 Å². The van der Waals surface area contributed by atoms with Crippen molar-refractivity contribution in [1.29, 1.82) is 0 Å². The summed E-state index contributed by atoms with van der Waals surface area (Å²) in [7, 11) is 0. The highest BCUT2D eigenvalue weighted by atomic mass is 16.3. The van der Waals surface area contributed by atoms with E-state index in [9.17, 15) is 10.2 Å². The van der Waals surface area contributed by atoms with Gasteiger partial charge in [0.15, 0.2) is 0 Å². The quantitative estimate of drug-likeness (QED) is 0.786. The molecule has 1 radical (unpaired) electrons. The largest absolute Gasteiger partial charge is 0.506 e. The topological polar surface area (TPSA) is 53.0 Å². The average Bonchev–Trinajstić information content (AvgIpc) is 2.19. The molecule has 0 fully saturated rings. The Kier molecular flexibility index (Phi) is 3.11. The van der Waals surface area contributed by atoms with Gasteiger partial charge in [-0.25, -0.2) is 5.11 Å². The molecule has 1 rings (SSSR count). The molecule has 0 spiro atoms. The third kappa shape index (κ3) is 1.73. The molecule has 14 heavy (non-hydrogen) atoms. The maximum Gasteiger partial charge on any atom is 0.139 e. The SMILES string of the molecule is CCC([O])c1nc(C)c(O)c(C)c1C. The van der Waals surface area contributed by atoms with Gasteiger partial charge in [-0.2, -0.15) is 0 Å². The summed E-state index contributed by atoms with van der Waals surface area (Å²) in [5.74, 6) is 0.203. The third-order valence-corrected chi connectivity index (χ3v) is 2.61. The van der Waals surface area contributed by atoms with Crippen molar-refractivity contribution in [2.45, 2.75) is 40.2 Å². The summed E-state index contributed by atoms with van der Waals surface area (Å²) in [5, 5.41) is 21.2. The highest BCUT2D eigenvalue weighted by Gasteiger charge is 2.16. The first-order chi connectivity index (χ1) is 6.49. The number of aromatic nitrogens is 1. The van der Waals surface area contributed by atoms with Crippen molar-refractivity contribution in [3.05, 3.63) is 22.5 Å². The molecule has 1 unspecified atom stereocenters. The first kappa shape index (κ1) is 11.0. The molecule has 0 aliphatic heterocycles. The van der Waals surface area contributed by atoms with Crippen molar-refractivity contribution < 1.29 is 10.2 Å². The second-order valence-electron chi connectivity index (χ2n) is 3.58. The van der Waals surface area contributed by atoms with Crippen molar-refractivity contribution >= 4 is 0 Å². The van der Waals surface area contributed by atoms with Crippen molar-refractivity contribution in [3.8, 4) is 5.75 Å². The van der Waals surface area contributed by atoms with Gasteiger partial charge >= 0.3 is 0 Å². The Bertz CT molecular complexity index is 348. The van der Waals surface area contributed by atoms with Crippen molar-refractivity contribution in [1.82, 2.24) is 4.98 Å². The van der Waals surface area contributed by atoms with E-state index in [1.54, 1.807) is 6.92 Å². The molecular formula is C11H16NO2. The standard InChI is InChI=1S/C11H16NO2/c1-5-9(13)10-6(2)7(3)11(14)8(4)12-10/h9,14H,5H2,1-4H3. The van der Waals surface area contributed by atoms with Crippen LogP contribution in [0.15, 0.2) is 0 Å². The molecule has 1 aromatic rings.